The molecule has 0 aromatic heterocycles. The number of hydrogen-bond acceptors (Lipinski definition) is 6. The van der Waals surface area contributed by atoms with E-state index in [0.717, 1.165) is 25.7 Å². The monoisotopic (exact) mass is 404 g/mol. The second-order valence-electron chi connectivity index (χ2n) is 10.6. The van der Waals surface area contributed by atoms with Gasteiger partial charge < -0.3 is 19.3 Å². The number of aliphatic hydroxyl groups is 1. The van der Waals surface area contributed by atoms with Gasteiger partial charge in [-0.05, 0) is 42.6 Å². The summed E-state index contributed by atoms with van der Waals surface area (Å²) in [4.78, 5) is 25.7. The Morgan fingerprint density at radius 1 is 1.28 bits per heavy atom. The first-order chi connectivity index (χ1) is 13.6. The van der Waals surface area contributed by atoms with Gasteiger partial charge in [-0.15, -0.1) is 0 Å². The fraction of sp³-hybridized carbons (Fsp3) is 0.826. The summed E-state index contributed by atoms with van der Waals surface area (Å²) in [6, 6.07) is 0. The lowest BCUT2D eigenvalue weighted by molar-refractivity contribution is -0.398. The first-order valence-electron chi connectivity index (χ1n) is 10.9. The van der Waals surface area contributed by atoms with E-state index >= 15 is 0 Å². The van der Waals surface area contributed by atoms with Crippen molar-refractivity contribution in [2.45, 2.75) is 77.5 Å². The number of ketones is 1. The number of methoxy groups -OCH3 is 1. The highest BCUT2D eigenvalue weighted by molar-refractivity contribution is 6.04. The Bertz CT molecular complexity index is 788. The van der Waals surface area contributed by atoms with E-state index in [2.05, 4.69) is 20.4 Å². The minimum atomic E-state index is -1.08. The molecule has 0 radical (unpaired) electrons. The molecule has 6 heteroatoms. The van der Waals surface area contributed by atoms with Crippen LogP contribution in [0.3, 0.4) is 0 Å². The third-order valence-electron chi connectivity index (χ3n) is 9.22. The molecule has 6 rings (SSSR count). The molecule has 1 unspecified atom stereocenters. The summed E-state index contributed by atoms with van der Waals surface area (Å²) in [6.45, 7) is 10.0. The summed E-state index contributed by atoms with van der Waals surface area (Å²) in [5.74, 6) is -0.863. The van der Waals surface area contributed by atoms with Crippen molar-refractivity contribution in [2.24, 2.45) is 34.0 Å². The van der Waals surface area contributed by atoms with Crippen molar-refractivity contribution in [1.82, 2.24) is 0 Å². The molecule has 2 aliphatic heterocycles. The molecule has 2 saturated heterocycles. The van der Waals surface area contributed by atoms with E-state index < -0.39 is 35.4 Å². The summed E-state index contributed by atoms with van der Waals surface area (Å²) in [7, 11) is 1.66. The zero-order valence-electron chi connectivity index (χ0n) is 17.8. The molecule has 4 bridgehead atoms. The van der Waals surface area contributed by atoms with Crippen LogP contribution in [0.15, 0.2) is 12.2 Å². The summed E-state index contributed by atoms with van der Waals surface area (Å²) < 4.78 is 18.2. The zero-order valence-corrected chi connectivity index (χ0v) is 17.8. The molecule has 0 aromatic carbocycles. The summed E-state index contributed by atoms with van der Waals surface area (Å²) >= 11 is 0. The number of Topliss-reactive ketones (excluding diaryl/α,β-unsaturated/α-hetero) is 1. The molecule has 4 saturated carbocycles. The molecule has 0 aromatic rings. The number of fused-ring (bicyclic) bond motifs is 2. The van der Waals surface area contributed by atoms with E-state index in [1.807, 2.05) is 0 Å². The van der Waals surface area contributed by atoms with Crippen LogP contribution in [0.2, 0.25) is 0 Å². The molecule has 0 amide bonds. The number of carbonyl (C=O) groups is 2. The summed E-state index contributed by atoms with van der Waals surface area (Å²) in [5.41, 5.74) is -1.04. The topological polar surface area (TPSA) is 82.1 Å². The largest absolute Gasteiger partial charge is 0.462 e. The number of rotatable bonds is 2. The maximum atomic E-state index is 13.7. The molecular formula is C23H32O6. The Balaban J connectivity index is 1.76. The van der Waals surface area contributed by atoms with Crippen LogP contribution in [0.4, 0.5) is 0 Å². The van der Waals surface area contributed by atoms with Crippen LogP contribution in [0, 0.1) is 34.0 Å². The SMILES string of the molecule is C=C1C(=O)[C@]23[C@H](O)[C@H]1C[C@H](OC(C)=O)[C@H]2[C@]12CCCC(C)(C)[C@H]1C[C@H]3OC2OC. The predicted molar refractivity (Wildman–Crippen MR) is 104 cm³/mol. The Kier molecular flexibility index (Phi) is 4.02. The Hall–Kier alpha value is -1.24. The molecule has 29 heavy (non-hydrogen) atoms. The Labute approximate surface area is 172 Å². The molecule has 2 spiro atoms. The van der Waals surface area contributed by atoms with E-state index in [0.29, 0.717) is 12.0 Å². The van der Waals surface area contributed by atoms with Crippen LogP contribution in [0.1, 0.15) is 52.9 Å². The number of hydrogen-bond donors (Lipinski definition) is 1. The number of carbonyl (C=O) groups excluding carboxylic acids is 2. The third kappa shape index (κ3) is 2.08. The van der Waals surface area contributed by atoms with Crippen LogP contribution in [0.5, 0.6) is 0 Å². The summed E-state index contributed by atoms with van der Waals surface area (Å²) in [6.07, 6.45) is 1.89. The second kappa shape index (κ2) is 5.92. The molecule has 1 N–H and O–H groups in total. The standard InChI is InChI=1S/C23H32O6/c1-11-13-9-14(28-12(2)24)17-22-8-6-7-21(3,4)15(22)10-16(29-20(22)27-5)23(17,18(11)25)19(13)26/h13-17,19-20,26H,1,6-10H2,2-5H3/t13-,14-,15+,16+,17-,19+,20?,22-,23+/m0/s1. The highest BCUT2D eigenvalue weighted by atomic mass is 16.7. The van der Waals surface area contributed by atoms with Crippen molar-refractivity contribution < 1.29 is 28.9 Å². The second-order valence-corrected chi connectivity index (χ2v) is 10.6. The maximum Gasteiger partial charge on any atom is 0.302 e. The first kappa shape index (κ1) is 19.7. The predicted octanol–water partition coefficient (Wildman–Crippen LogP) is 2.63. The molecule has 2 heterocycles. The molecule has 4 aliphatic carbocycles. The van der Waals surface area contributed by atoms with Crippen molar-refractivity contribution >= 4 is 11.8 Å². The minimum absolute atomic E-state index is 0.0555. The molecule has 6 fully saturated rings. The van der Waals surface area contributed by atoms with Crippen molar-refractivity contribution in [3.8, 4) is 0 Å². The highest BCUT2D eigenvalue weighted by Crippen LogP contribution is 2.75. The maximum absolute atomic E-state index is 13.7. The molecule has 9 atom stereocenters. The van der Waals surface area contributed by atoms with Crippen LogP contribution in [-0.2, 0) is 23.8 Å². The van der Waals surface area contributed by atoms with E-state index in [1.165, 1.54) is 6.92 Å². The van der Waals surface area contributed by atoms with Gasteiger partial charge in [0, 0.05) is 31.3 Å². The van der Waals surface area contributed by atoms with Gasteiger partial charge in [0.05, 0.1) is 17.6 Å². The Morgan fingerprint density at radius 3 is 2.66 bits per heavy atom. The van der Waals surface area contributed by atoms with Gasteiger partial charge in [0.15, 0.2) is 12.1 Å². The fourth-order valence-electron chi connectivity index (χ4n) is 8.45. The zero-order chi connectivity index (χ0) is 20.9. The van der Waals surface area contributed by atoms with Crippen LogP contribution in [-0.4, -0.2) is 48.6 Å². The average Bonchev–Trinajstić information content (AvgIpc) is 2.77. The van der Waals surface area contributed by atoms with Crippen molar-refractivity contribution in [1.29, 1.82) is 0 Å². The van der Waals surface area contributed by atoms with Gasteiger partial charge in [-0.25, -0.2) is 0 Å². The van der Waals surface area contributed by atoms with Crippen LogP contribution >= 0.6 is 0 Å². The van der Waals surface area contributed by atoms with E-state index in [9.17, 15) is 14.7 Å². The number of aliphatic hydroxyl groups excluding tert-OH is 1. The van der Waals surface area contributed by atoms with Gasteiger partial charge >= 0.3 is 5.97 Å². The fourth-order valence-corrected chi connectivity index (χ4v) is 8.45. The van der Waals surface area contributed by atoms with Crippen LogP contribution < -0.4 is 0 Å². The minimum Gasteiger partial charge on any atom is -0.462 e. The molecule has 160 valence electrons. The molecule has 6 aliphatic rings. The first-order valence-corrected chi connectivity index (χ1v) is 10.9. The normalized spacial score (nSPS) is 52.1. The van der Waals surface area contributed by atoms with Gasteiger partial charge in [-0.2, -0.15) is 0 Å². The lowest BCUT2D eigenvalue weighted by Crippen LogP contribution is -2.78. The quantitative estimate of drug-likeness (QED) is 0.563. The molecular weight excluding hydrogens is 372 g/mol. The van der Waals surface area contributed by atoms with Crippen LogP contribution in [0.25, 0.3) is 0 Å². The van der Waals surface area contributed by atoms with E-state index in [-0.39, 0.29) is 34.9 Å². The number of esters is 1. The lowest BCUT2D eigenvalue weighted by atomic mass is 9.37. The Morgan fingerprint density at radius 2 is 2.00 bits per heavy atom. The van der Waals surface area contributed by atoms with E-state index in [1.54, 1.807) is 7.11 Å². The lowest BCUT2D eigenvalue weighted by Gasteiger charge is -2.72. The number of ether oxygens (including phenoxy) is 3. The van der Waals surface area contributed by atoms with Gasteiger partial charge in [0.2, 0.25) is 0 Å². The van der Waals surface area contributed by atoms with Crippen molar-refractivity contribution in [3.63, 3.8) is 0 Å². The van der Waals surface area contributed by atoms with Gasteiger partial charge in [-0.3, -0.25) is 9.59 Å². The smallest absolute Gasteiger partial charge is 0.302 e. The van der Waals surface area contributed by atoms with Crippen molar-refractivity contribution in [2.75, 3.05) is 7.11 Å². The van der Waals surface area contributed by atoms with Crippen molar-refractivity contribution in [3.05, 3.63) is 12.2 Å². The summed E-state index contributed by atoms with van der Waals surface area (Å²) in [5, 5.41) is 11.4. The van der Waals surface area contributed by atoms with Gasteiger partial charge in [0.25, 0.3) is 0 Å². The highest BCUT2D eigenvalue weighted by Gasteiger charge is 2.82. The average molecular weight is 405 g/mol. The van der Waals surface area contributed by atoms with E-state index in [4.69, 9.17) is 14.2 Å². The van der Waals surface area contributed by atoms with Gasteiger partial charge in [0.1, 0.15) is 6.10 Å². The molecule has 6 nitrogen and oxygen atoms in total. The third-order valence-corrected chi connectivity index (χ3v) is 9.22. The van der Waals surface area contributed by atoms with Gasteiger partial charge in [-0.1, -0.05) is 26.8 Å².